The Kier molecular flexibility index (Phi) is 6.52. The van der Waals surface area contributed by atoms with Gasteiger partial charge in [-0.15, -0.1) is 6.58 Å². The van der Waals surface area contributed by atoms with Gasteiger partial charge in [0.05, 0.1) is 17.3 Å². The third kappa shape index (κ3) is 4.90. The maximum atomic E-state index is 14.5. The fourth-order valence-electron chi connectivity index (χ4n) is 5.26. The number of alkyl halides is 1. The van der Waals surface area contributed by atoms with Gasteiger partial charge < -0.3 is 19.9 Å². The van der Waals surface area contributed by atoms with Gasteiger partial charge >= 0.3 is 0 Å². The summed E-state index contributed by atoms with van der Waals surface area (Å²) >= 11 is 0. The summed E-state index contributed by atoms with van der Waals surface area (Å²) < 4.78 is 42.7. The molecule has 2 heterocycles. The molecule has 13 heteroatoms. The van der Waals surface area contributed by atoms with Crippen molar-refractivity contribution in [3.05, 3.63) is 42.6 Å². The van der Waals surface area contributed by atoms with Crippen LogP contribution in [0.1, 0.15) is 43.0 Å². The minimum atomic E-state index is -3.86. The monoisotopic (exact) mass is 560 g/mol. The first-order valence-electron chi connectivity index (χ1n) is 12.6. The number of carbonyl (C=O) groups is 4. The molecule has 3 amide bonds. The van der Waals surface area contributed by atoms with Gasteiger partial charge in [0.15, 0.2) is 5.78 Å². The number of amides is 3. The highest BCUT2D eigenvalue weighted by Crippen LogP contribution is 2.45. The molecular formula is C26H29FN4O7S. The standard InChI is InChI=1S/C26H29FN4O7S/c1-3-15-10-26(15,25(36)29-39(37,38)18-5-6-18)28-24(35)22-8-16(27)11-31(22)23(34)13-30-12-20(14(2)32)19-7-4-17(33)9-21(19)30/h3-4,7,9,12,15-16,18,22,33H,1,5-6,8,10-11,13H2,2H3,(H,28,35)(H,29,36)/t15?,16-,22+,26-/m1/s1. The van der Waals surface area contributed by atoms with Gasteiger partial charge in [-0.3, -0.25) is 23.9 Å². The number of likely N-dealkylation sites (tertiary alicyclic amines) is 1. The van der Waals surface area contributed by atoms with Gasteiger partial charge in [0.2, 0.25) is 21.8 Å². The van der Waals surface area contributed by atoms with E-state index < -0.39 is 56.7 Å². The summed E-state index contributed by atoms with van der Waals surface area (Å²) in [5.74, 6) is -3.09. The summed E-state index contributed by atoms with van der Waals surface area (Å²) in [6.07, 6.45) is 2.17. The van der Waals surface area contributed by atoms with Crippen molar-refractivity contribution in [2.45, 2.75) is 62.2 Å². The quantitative estimate of drug-likeness (QED) is 0.307. The first-order chi connectivity index (χ1) is 18.4. The van der Waals surface area contributed by atoms with Crippen LogP contribution in [0.5, 0.6) is 5.75 Å². The van der Waals surface area contributed by atoms with Gasteiger partial charge in [0, 0.05) is 35.6 Å². The van der Waals surface area contributed by atoms with Gasteiger partial charge in [0.1, 0.15) is 30.0 Å². The number of aromatic nitrogens is 1. The Bertz CT molecular complexity index is 1520. The van der Waals surface area contributed by atoms with Crippen LogP contribution in [0, 0.1) is 5.92 Å². The van der Waals surface area contributed by atoms with Gasteiger partial charge in [-0.2, -0.15) is 0 Å². The number of phenols is 1. The number of aromatic hydroxyl groups is 1. The summed E-state index contributed by atoms with van der Waals surface area (Å²) in [5.41, 5.74) is -0.783. The van der Waals surface area contributed by atoms with E-state index in [1.54, 1.807) is 6.07 Å². The van der Waals surface area contributed by atoms with Crippen molar-refractivity contribution >= 4 is 44.4 Å². The highest BCUT2D eigenvalue weighted by atomic mass is 32.2. The molecule has 1 aromatic carbocycles. The molecule has 39 heavy (non-hydrogen) atoms. The number of ketones is 1. The molecule has 11 nitrogen and oxygen atoms in total. The van der Waals surface area contributed by atoms with Gasteiger partial charge in [-0.25, -0.2) is 12.8 Å². The zero-order valence-corrected chi connectivity index (χ0v) is 22.0. The van der Waals surface area contributed by atoms with Crippen molar-refractivity contribution in [2.24, 2.45) is 5.92 Å². The summed E-state index contributed by atoms with van der Waals surface area (Å²) in [6, 6.07) is 3.16. The normalized spacial score (nSPS) is 26.3. The predicted molar refractivity (Wildman–Crippen MR) is 138 cm³/mol. The smallest absolute Gasteiger partial charge is 0.259 e. The SMILES string of the molecule is C=CC1C[C@]1(NC(=O)[C@@H]1C[C@@H](F)CN1C(=O)Cn1cc(C(C)=O)c2ccc(O)cc21)C(=O)NS(=O)(=O)C1CC1. The molecule has 0 bridgehead atoms. The Hall–Kier alpha value is -3.74. The number of halogens is 1. The fourth-order valence-corrected chi connectivity index (χ4v) is 6.62. The number of hydrogen-bond acceptors (Lipinski definition) is 7. The van der Waals surface area contributed by atoms with E-state index in [0.717, 1.165) is 4.90 Å². The third-order valence-electron chi connectivity index (χ3n) is 7.67. The number of hydrogen-bond donors (Lipinski definition) is 3. The van der Waals surface area contributed by atoms with Crippen LogP contribution >= 0.6 is 0 Å². The highest BCUT2D eigenvalue weighted by molar-refractivity contribution is 7.91. The zero-order valence-electron chi connectivity index (χ0n) is 21.2. The number of rotatable bonds is 9. The van der Waals surface area contributed by atoms with Crippen LogP contribution < -0.4 is 10.0 Å². The Morgan fingerprint density at radius 3 is 2.59 bits per heavy atom. The Labute approximate surface area is 224 Å². The summed E-state index contributed by atoms with van der Waals surface area (Å²) in [6.45, 7) is 4.35. The number of nitrogens with one attached hydrogen (secondary N) is 2. The Balaban J connectivity index is 1.35. The minimum absolute atomic E-state index is 0.0693. The van der Waals surface area contributed by atoms with Crippen LogP contribution in [0.15, 0.2) is 37.1 Å². The second-order valence-electron chi connectivity index (χ2n) is 10.5. The van der Waals surface area contributed by atoms with E-state index in [9.17, 15) is 37.1 Å². The van der Waals surface area contributed by atoms with Crippen LogP contribution in [0.3, 0.4) is 0 Å². The van der Waals surface area contributed by atoms with E-state index in [-0.39, 0.29) is 37.5 Å². The minimum Gasteiger partial charge on any atom is -0.508 e. The maximum Gasteiger partial charge on any atom is 0.259 e. The molecule has 1 unspecified atom stereocenters. The van der Waals surface area contributed by atoms with E-state index in [4.69, 9.17) is 0 Å². The lowest BCUT2D eigenvalue weighted by atomic mass is 10.1. The molecule has 1 aromatic heterocycles. The Morgan fingerprint density at radius 2 is 1.97 bits per heavy atom. The van der Waals surface area contributed by atoms with Crippen molar-refractivity contribution in [3.8, 4) is 5.75 Å². The number of nitrogens with zero attached hydrogens (tertiary/aromatic N) is 2. The molecular weight excluding hydrogens is 531 g/mol. The molecule has 2 aliphatic carbocycles. The van der Waals surface area contributed by atoms with E-state index in [2.05, 4.69) is 16.6 Å². The molecule has 3 aliphatic rings. The second-order valence-corrected chi connectivity index (χ2v) is 12.5. The van der Waals surface area contributed by atoms with Gasteiger partial charge in [-0.05, 0) is 38.3 Å². The van der Waals surface area contributed by atoms with Crippen LogP contribution in [-0.4, -0.2) is 76.0 Å². The lowest BCUT2D eigenvalue weighted by molar-refractivity contribution is -0.140. The van der Waals surface area contributed by atoms with E-state index in [0.29, 0.717) is 29.3 Å². The third-order valence-corrected chi connectivity index (χ3v) is 9.49. The molecule has 2 saturated carbocycles. The number of sulfonamides is 1. The molecule has 1 saturated heterocycles. The molecule has 208 valence electrons. The largest absolute Gasteiger partial charge is 0.508 e. The van der Waals surface area contributed by atoms with E-state index in [1.807, 2.05) is 0 Å². The molecule has 0 radical (unpaired) electrons. The van der Waals surface area contributed by atoms with Crippen molar-refractivity contribution in [1.29, 1.82) is 0 Å². The van der Waals surface area contributed by atoms with Gasteiger partial charge in [0.25, 0.3) is 5.91 Å². The average molecular weight is 561 g/mol. The first-order valence-corrected chi connectivity index (χ1v) is 14.2. The zero-order chi connectivity index (χ0) is 28.3. The van der Waals surface area contributed by atoms with Crippen molar-refractivity contribution < 1.29 is 37.1 Å². The van der Waals surface area contributed by atoms with Crippen LogP contribution in [0.25, 0.3) is 10.9 Å². The lowest BCUT2D eigenvalue weighted by Gasteiger charge is -2.26. The summed E-state index contributed by atoms with van der Waals surface area (Å²) in [5, 5.41) is 12.4. The Morgan fingerprint density at radius 1 is 1.26 bits per heavy atom. The van der Waals surface area contributed by atoms with Crippen LogP contribution in [0.2, 0.25) is 0 Å². The van der Waals surface area contributed by atoms with Crippen molar-refractivity contribution in [1.82, 2.24) is 19.5 Å². The van der Waals surface area contributed by atoms with Crippen LogP contribution in [0.4, 0.5) is 4.39 Å². The molecule has 2 aromatic rings. The fraction of sp³-hybridized carbons (Fsp3) is 0.462. The average Bonchev–Trinajstić information content (AvgIpc) is 3.77. The topological polar surface area (TPSA) is 155 Å². The maximum absolute atomic E-state index is 14.5. The molecule has 4 atom stereocenters. The van der Waals surface area contributed by atoms with Crippen molar-refractivity contribution in [2.75, 3.05) is 6.54 Å². The molecule has 3 N–H and O–H groups in total. The number of phenolic OH excluding ortho intramolecular Hbond substituents is 1. The van der Waals surface area contributed by atoms with E-state index in [1.165, 1.54) is 35.9 Å². The van der Waals surface area contributed by atoms with Gasteiger partial charge in [-0.1, -0.05) is 6.08 Å². The number of benzene rings is 1. The molecule has 1 aliphatic heterocycles. The lowest BCUT2D eigenvalue weighted by Crippen LogP contribution is -2.56. The first kappa shape index (κ1) is 26.9. The molecule has 3 fully saturated rings. The second kappa shape index (κ2) is 9.47. The number of carbonyl (C=O) groups excluding carboxylic acids is 4. The van der Waals surface area contributed by atoms with Crippen LogP contribution in [-0.2, 0) is 31.0 Å². The summed E-state index contributed by atoms with van der Waals surface area (Å²) in [7, 11) is -3.86. The number of Topliss-reactive ketones (excluding diaryl/α,β-unsaturated/α-hetero) is 1. The summed E-state index contributed by atoms with van der Waals surface area (Å²) in [4.78, 5) is 52.8. The molecule has 0 spiro atoms. The predicted octanol–water partition coefficient (Wildman–Crippen LogP) is 1.16. The van der Waals surface area contributed by atoms with E-state index >= 15 is 0 Å². The number of fused-ring (bicyclic) bond motifs is 1. The van der Waals surface area contributed by atoms with Crippen molar-refractivity contribution in [3.63, 3.8) is 0 Å². The highest BCUT2D eigenvalue weighted by Gasteiger charge is 2.61. The molecule has 5 rings (SSSR count).